The number of aryl methyl sites for hydroxylation is 1. The molecule has 14 heavy (non-hydrogen) atoms. The van der Waals surface area contributed by atoms with Gasteiger partial charge in [-0.2, -0.15) is 0 Å². The Kier molecular flexibility index (Phi) is 2.36. The molecule has 0 unspecified atom stereocenters. The van der Waals surface area contributed by atoms with Crippen molar-refractivity contribution in [2.45, 2.75) is 25.9 Å². The molecule has 0 atom stereocenters. The topological polar surface area (TPSA) is 12.5 Å². The lowest BCUT2D eigenvalue weighted by atomic mass is 10.2. The van der Waals surface area contributed by atoms with Gasteiger partial charge in [0.25, 0.3) is 0 Å². The zero-order chi connectivity index (χ0) is 10.1. The van der Waals surface area contributed by atoms with Crippen LogP contribution in [0.25, 0.3) is 0 Å². The van der Waals surface area contributed by atoms with E-state index in [2.05, 4.69) is 30.0 Å². The molecule has 1 aromatic carbocycles. The zero-order valence-electron chi connectivity index (χ0n) is 9.08. The van der Waals surface area contributed by atoms with Gasteiger partial charge in [-0.25, -0.2) is 0 Å². The Labute approximate surface area is 85.5 Å². The zero-order valence-corrected chi connectivity index (χ0v) is 9.08. The minimum absolute atomic E-state index is 0.478. The van der Waals surface area contributed by atoms with Gasteiger partial charge in [-0.05, 0) is 31.4 Å². The first-order valence-electron chi connectivity index (χ1n) is 5.11. The van der Waals surface area contributed by atoms with Crippen LogP contribution in [0, 0.1) is 6.92 Å². The number of rotatable bonds is 3. The SMILES string of the molecule is Cc1ccc(N(C)C)cc1OC1CC1. The highest BCUT2D eigenvalue weighted by molar-refractivity contribution is 5.52. The Morgan fingerprint density at radius 3 is 2.57 bits per heavy atom. The van der Waals surface area contributed by atoms with Crippen LogP contribution < -0.4 is 9.64 Å². The molecule has 2 nitrogen and oxygen atoms in total. The number of hydrogen-bond acceptors (Lipinski definition) is 2. The molecular weight excluding hydrogens is 174 g/mol. The molecule has 76 valence electrons. The monoisotopic (exact) mass is 191 g/mol. The van der Waals surface area contributed by atoms with E-state index in [0.717, 1.165) is 5.75 Å². The van der Waals surface area contributed by atoms with Crippen molar-refractivity contribution in [3.05, 3.63) is 23.8 Å². The molecule has 0 heterocycles. The number of hydrogen-bond donors (Lipinski definition) is 0. The summed E-state index contributed by atoms with van der Waals surface area (Å²) < 4.78 is 5.82. The van der Waals surface area contributed by atoms with Crippen LogP contribution in [0.4, 0.5) is 5.69 Å². The van der Waals surface area contributed by atoms with Crippen molar-refractivity contribution in [2.75, 3.05) is 19.0 Å². The number of anilines is 1. The van der Waals surface area contributed by atoms with Crippen LogP contribution in [0.15, 0.2) is 18.2 Å². The minimum atomic E-state index is 0.478. The molecule has 0 aliphatic heterocycles. The third-order valence-corrected chi connectivity index (χ3v) is 2.51. The highest BCUT2D eigenvalue weighted by Crippen LogP contribution is 2.31. The molecule has 1 aliphatic rings. The molecule has 0 N–H and O–H groups in total. The molecule has 1 aliphatic carbocycles. The molecule has 0 aromatic heterocycles. The summed E-state index contributed by atoms with van der Waals surface area (Å²) in [5, 5.41) is 0. The van der Waals surface area contributed by atoms with E-state index in [1.165, 1.54) is 24.1 Å². The first-order chi connectivity index (χ1) is 6.66. The lowest BCUT2D eigenvalue weighted by Gasteiger charge is -2.15. The highest BCUT2D eigenvalue weighted by atomic mass is 16.5. The van der Waals surface area contributed by atoms with E-state index >= 15 is 0 Å². The second-order valence-corrected chi connectivity index (χ2v) is 4.16. The van der Waals surface area contributed by atoms with Crippen molar-refractivity contribution >= 4 is 5.69 Å². The van der Waals surface area contributed by atoms with E-state index < -0.39 is 0 Å². The Balaban J connectivity index is 2.21. The molecule has 0 radical (unpaired) electrons. The van der Waals surface area contributed by atoms with Gasteiger partial charge in [-0.3, -0.25) is 0 Å². The van der Waals surface area contributed by atoms with Crippen LogP contribution in [-0.2, 0) is 0 Å². The Morgan fingerprint density at radius 1 is 1.29 bits per heavy atom. The molecular formula is C12H17NO. The van der Waals surface area contributed by atoms with Gasteiger partial charge in [0.05, 0.1) is 6.10 Å². The average Bonchev–Trinajstić information content (AvgIpc) is 2.92. The maximum atomic E-state index is 5.82. The summed E-state index contributed by atoms with van der Waals surface area (Å²) in [4.78, 5) is 2.10. The van der Waals surface area contributed by atoms with Crippen molar-refractivity contribution in [2.24, 2.45) is 0 Å². The molecule has 1 aromatic rings. The molecule has 2 heteroatoms. The first-order valence-corrected chi connectivity index (χ1v) is 5.11. The lowest BCUT2D eigenvalue weighted by molar-refractivity contribution is 0.301. The second kappa shape index (κ2) is 3.52. The molecule has 0 saturated heterocycles. The van der Waals surface area contributed by atoms with E-state index in [1.807, 2.05) is 14.1 Å². The number of nitrogens with zero attached hydrogens (tertiary/aromatic N) is 1. The second-order valence-electron chi connectivity index (χ2n) is 4.16. The molecule has 0 spiro atoms. The summed E-state index contributed by atoms with van der Waals surface area (Å²) in [6.45, 7) is 2.09. The molecule has 0 amide bonds. The Hall–Kier alpha value is -1.18. The third kappa shape index (κ3) is 2.00. The number of benzene rings is 1. The standard InChI is InChI=1S/C12H17NO/c1-9-4-5-10(13(2)3)8-12(9)14-11-6-7-11/h4-5,8,11H,6-7H2,1-3H3. The van der Waals surface area contributed by atoms with Gasteiger partial charge in [0.1, 0.15) is 5.75 Å². The van der Waals surface area contributed by atoms with Gasteiger partial charge >= 0.3 is 0 Å². The summed E-state index contributed by atoms with van der Waals surface area (Å²) in [6, 6.07) is 6.36. The van der Waals surface area contributed by atoms with Crippen molar-refractivity contribution < 1.29 is 4.74 Å². The summed E-state index contributed by atoms with van der Waals surface area (Å²) in [6.07, 6.45) is 2.91. The average molecular weight is 191 g/mol. The Morgan fingerprint density at radius 2 is 2.00 bits per heavy atom. The maximum Gasteiger partial charge on any atom is 0.124 e. The van der Waals surface area contributed by atoms with Crippen LogP contribution in [0.1, 0.15) is 18.4 Å². The van der Waals surface area contributed by atoms with E-state index in [9.17, 15) is 0 Å². The molecule has 0 bridgehead atoms. The van der Waals surface area contributed by atoms with Crippen molar-refractivity contribution in [1.29, 1.82) is 0 Å². The van der Waals surface area contributed by atoms with Crippen molar-refractivity contribution in [3.63, 3.8) is 0 Å². The van der Waals surface area contributed by atoms with Crippen molar-refractivity contribution in [1.82, 2.24) is 0 Å². The van der Waals surface area contributed by atoms with Crippen LogP contribution >= 0.6 is 0 Å². The van der Waals surface area contributed by atoms with E-state index in [4.69, 9.17) is 4.74 Å². The van der Waals surface area contributed by atoms with Crippen LogP contribution in [0.2, 0.25) is 0 Å². The fourth-order valence-corrected chi connectivity index (χ4v) is 1.36. The van der Waals surface area contributed by atoms with Gasteiger partial charge in [0, 0.05) is 25.8 Å². The fourth-order valence-electron chi connectivity index (χ4n) is 1.36. The predicted octanol–water partition coefficient (Wildman–Crippen LogP) is 2.60. The summed E-state index contributed by atoms with van der Waals surface area (Å²) in [5.74, 6) is 1.04. The molecule has 1 fully saturated rings. The van der Waals surface area contributed by atoms with Gasteiger partial charge in [-0.1, -0.05) is 6.07 Å². The third-order valence-electron chi connectivity index (χ3n) is 2.51. The fraction of sp³-hybridized carbons (Fsp3) is 0.500. The predicted molar refractivity (Wildman–Crippen MR) is 59.2 cm³/mol. The first kappa shape index (κ1) is 9.38. The van der Waals surface area contributed by atoms with E-state index in [0.29, 0.717) is 6.10 Å². The van der Waals surface area contributed by atoms with Gasteiger partial charge < -0.3 is 9.64 Å². The Bertz CT molecular complexity index is 329. The van der Waals surface area contributed by atoms with Crippen LogP contribution in [0.3, 0.4) is 0 Å². The van der Waals surface area contributed by atoms with Crippen LogP contribution in [0.5, 0.6) is 5.75 Å². The minimum Gasteiger partial charge on any atom is -0.490 e. The molecule has 2 rings (SSSR count). The quantitative estimate of drug-likeness (QED) is 0.728. The normalized spacial score (nSPS) is 15.4. The van der Waals surface area contributed by atoms with Gasteiger partial charge in [0.15, 0.2) is 0 Å². The number of ether oxygens (including phenoxy) is 1. The van der Waals surface area contributed by atoms with Gasteiger partial charge in [-0.15, -0.1) is 0 Å². The van der Waals surface area contributed by atoms with Crippen molar-refractivity contribution in [3.8, 4) is 5.75 Å². The lowest BCUT2D eigenvalue weighted by Crippen LogP contribution is -2.09. The van der Waals surface area contributed by atoms with E-state index in [-0.39, 0.29) is 0 Å². The smallest absolute Gasteiger partial charge is 0.124 e. The van der Waals surface area contributed by atoms with E-state index in [1.54, 1.807) is 0 Å². The summed E-state index contributed by atoms with van der Waals surface area (Å²) in [7, 11) is 4.09. The summed E-state index contributed by atoms with van der Waals surface area (Å²) in [5.41, 5.74) is 2.42. The van der Waals surface area contributed by atoms with Gasteiger partial charge in [0.2, 0.25) is 0 Å². The molecule has 1 saturated carbocycles. The van der Waals surface area contributed by atoms with Crippen LogP contribution in [-0.4, -0.2) is 20.2 Å². The summed E-state index contributed by atoms with van der Waals surface area (Å²) >= 11 is 0. The largest absolute Gasteiger partial charge is 0.490 e. The maximum absolute atomic E-state index is 5.82. The highest BCUT2D eigenvalue weighted by Gasteiger charge is 2.24.